The van der Waals surface area contributed by atoms with Crippen LogP contribution in [0.15, 0.2) is 37.4 Å². The Bertz CT molecular complexity index is 1030. The van der Waals surface area contributed by atoms with Crippen molar-refractivity contribution in [2.45, 2.75) is 106 Å². The maximum absolute atomic E-state index is 4.23. The minimum atomic E-state index is 0. The molecule has 15 nitrogen and oxygen atoms in total. The highest BCUT2D eigenvalue weighted by atomic mass is 15.6. The van der Waals surface area contributed by atoms with E-state index in [0.717, 1.165) is 5.69 Å². The second-order valence-electron chi connectivity index (χ2n) is 6.91. The third-order valence-corrected chi connectivity index (χ3v) is 4.09. The largest absolute Gasteiger partial charge is 0.272 e. The quantitative estimate of drug-likeness (QED) is 0.181. The standard InChI is InChI=1S/C7H12N2.C3H6N4.3C3H5N3.3C2H6.5CH4/c1-5-6(2)8-9(4)7(5)3;1-3-4-6-7(2)5-3;1-6-3-4-2-5-6;1-6-3-2-4-5-6;1-6-4-2-3-5-6;3*1-2;;;;;/h1-4H3;1-2H3;3*2-3H,1H3;3*1-2H3;5*1H4. The smallest absolute Gasteiger partial charge is 0.171 e. The summed E-state index contributed by atoms with van der Waals surface area (Å²) in [5.41, 5.74) is 3.69. The molecule has 5 rings (SSSR count). The Morgan fingerprint density at radius 1 is 0.578 bits per heavy atom. The zero-order valence-electron chi connectivity index (χ0n) is 27.2. The molecule has 0 bridgehead atoms. The summed E-state index contributed by atoms with van der Waals surface area (Å²) in [5.74, 6) is 0.711. The van der Waals surface area contributed by atoms with Gasteiger partial charge in [-0.2, -0.15) is 30.0 Å². The monoisotopic (exact) mass is 642 g/mol. The molecule has 0 radical (unpaired) electrons. The molecule has 0 saturated heterocycles. The molecule has 0 fully saturated rings. The summed E-state index contributed by atoms with van der Waals surface area (Å²) in [6.07, 6.45) is 9.83. The van der Waals surface area contributed by atoms with Crippen molar-refractivity contribution in [1.29, 1.82) is 0 Å². The van der Waals surface area contributed by atoms with Gasteiger partial charge in [0.15, 0.2) is 5.82 Å². The Morgan fingerprint density at radius 3 is 1.20 bits per heavy atom. The van der Waals surface area contributed by atoms with Crippen LogP contribution in [0, 0.1) is 27.7 Å². The highest BCUT2D eigenvalue weighted by Crippen LogP contribution is 2.08. The van der Waals surface area contributed by atoms with Gasteiger partial charge in [0.1, 0.15) is 12.7 Å². The molecule has 5 aromatic rings. The van der Waals surface area contributed by atoms with Crippen molar-refractivity contribution in [3.63, 3.8) is 0 Å². The van der Waals surface area contributed by atoms with E-state index in [-0.39, 0.29) is 37.1 Å². The normalized spacial score (nSPS) is 7.44. The zero-order chi connectivity index (χ0) is 31.5. The van der Waals surface area contributed by atoms with Crippen LogP contribution in [-0.4, -0.2) is 74.7 Å². The minimum absolute atomic E-state index is 0. The Labute approximate surface area is 276 Å². The van der Waals surface area contributed by atoms with Crippen molar-refractivity contribution in [1.82, 2.24) is 74.7 Å². The van der Waals surface area contributed by atoms with Gasteiger partial charge in [0, 0.05) is 40.1 Å². The third-order valence-electron chi connectivity index (χ3n) is 4.09. The summed E-state index contributed by atoms with van der Waals surface area (Å²) in [6, 6.07) is 0. The van der Waals surface area contributed by atoms with Crippen molar-refractivity contribution in [3.8, 4) is 0 Å². The topological polar surface area (TPSA) is 154 Å². The number of nitrogens with zero attached hydrogens (tertiary/aromatic N) is 15. The maximum Gasteiger partial charge on any atom is 0.171 e. The summed E-state index contributed by atoms with van der Waals surface area (Å²) < 4.78 is 5.19. The van der Waals surface area contributed by atoms with Gasteiger partial charge in [-0.05, 0) is 38.5 Å². The summed E-state index contributed by atoms with van der Waals surface area (Å²) in [5, 5.41) is 33.5. The van der Waals surface area contributed by atoms with Crippen LogP contribution in [0.2, 0.25) is 0 Å². The number of aromatic nitrogens is 15. The Balaban J connectivity index is -0.0000000595. The zero-order valence-corrected chi connectivity index (χ0v) is 27.2. The molecule has 5 heterocycles. The number of hydrogen-bond acceptors (Lipinski definition) is 10. The molecule has 0 saturated carbocycles. The molecule has 0 aliphatic rings. The first-order valence-electron chi connectivity index (χ1n) is 13.2. The maximum atomic E-state index is 4.23. The van der Waals surface area contributed by atoms with E-state index < -0.39 is 0 Å². The first-order chi connectivity index (χ1) is 19.1. The predicted octanol–water partition coefficient (Wildman–Crippen LogP) is 6.57. The molecule has 5 aromatic heterocycles. The van der Waals surface area contributed by atoms with Crippen LogP contribution < -0.4 is 0 Å². The molecule has 0 aliphatic carbocycles. The predicted molar refractivity (Wildman–Crippen MR) is 192 cm³/mol. The van der Waals surface area contributed by atoms with Gasteiger partial charge < -0.3 is 0 Å². The number of rotatable bonds is 0. The molecule has 0 aliphatic heterocycles. The van der Waals surface area contributed by atoms with Gasteiger partial charge in [-0.1, -0.05) is 83.9 Å². The van der Waals surface area contributed by atoms with Gasteiger partial charge in [0.05, 0.1) is 31.3 Å². The molecule has 15 heteroatoms. The molecule has 266 valence electrons. The fourth-order valence-corrected chi connectivity index (χ4v) is 2.08. The van der Waals surface area contributed by atoms with E-state index in [9.17, 15) is 0 Å². The van der Waals surface area contributed by atoms with Crippen LogP contribution in [0.1, 0.15) is 101 Å². The van der Waals surface area contributed by atoms with Crippen molar-refractivity contribution < 1.29 is 0 Å². The fourth-order valence-electron chi connectivity index (χ4n) is 2.08. The number of aryl methyl sites for hydroxylation is 7. The molecule has 45 heavy (non-hydrogen) atoms. The summed E-state index contributed by atoms with van der Waals surface area (Å²) in [4.78, 5) is 6.60. The summed E-state index contributed by atoms with van der Waals surface area (Å²) >= 11 is 0. The van der Waals surface area contributed by atoms with Crippen LogP contribution in [-0.2, 0) is 35.2 Å². The van der Waals surface area contributed by atoms with E-state index in [4.69, 9.17) is 0 Å². The molecular weight excluding hydrogens is 570 g/mol. The summed E-state index contributed by atoms with van der Waals surface area (Å²) in [7, 11) is 9.13. The van der Waals surface area contributed by atoms with E-state index in [1.54, 1.807) is 61.5 Å². The number of hydrogen-bond donors (Lipinski definition) is 0. The van der Waals surface area contributed by atoms with E-state index in [2.05, 4.69) is 64.9 Å². The molecule has 0 amide bonds. The average molecular weight is 642 g/mol. The number of tetrazole rings is 1. The molecule has 0 atom stereocenters. The first kappa shape index (κ1) is 60.0. The second-order valence-corrected chi connectivity index (χ2v) is 6.91. The third kappa shape index (κ3) is 32.4. The fraction of sp³-hybridized carbons (Fsp3) is 0.667. The minimum Gasteiger partial charge on any atom is -0.272 e. The summed E-state index contributed by atoms with van der Waals surface area (Å²) in [6.45, 7) is 20.0. The van der Waals surface area contributed by atoms with Gasteiger partial charge >= 0.3 is 0 Å². The highest BCUT2D eigenvalue weighted by molar-refractivity contribution is 5.21. The van der Waals surface area contributed by atoms with Crippen LogP contribution in [0.3, 0.4) is 0 Å². The van der Waals surface area contributed by atoms with Gasteiger partial charge in [0.2, 0.25) is 0 Å². The lowest BCUT2D eigenvalue weighted by Crippen LogP contribution is -1.92. The lowest BCUT2D eigenvalue weighted by molar-refractivity contribution is 0.629. The van der Waals surface area contributed by atoms with Crippen molar-refractivity contribution in [3.05, 3.63) is 60.2 Å². The molecule has 0 aromatic carbocycles. The van der Waals surface area contributed by atoms with Crippen molar-refractivity contribution >= 4 is 0 Å². The van der Waals surface area contributed by atoms with Gasteiger partial charge in [-0.25, -0.2) is 4.98 Å². The van der Waals surface area contributed by atoms with Gasteiger partial charge in [0.25, 0.3) is 0 Å². The van der Waals surface area contributed by atoms with Crippen LogP contribution in [0.4, 0.5) is 0 Å². The second kappa shape index (κ2) is 39.7. The SMILES string of the molecule is C.C.C.C.C.CC.CC.CC.Cc1nn(C)c(C)c1C.Cc1nnn(C)n1.Cn1ccnn1.Cn1cncn1.Cn1nccn1. The lowest BCUT2D eigenvalue weighted by atomic mass is 10.2. The molecule has 0 unspecified atom stereocenters. The average Bonchev–Trinajstić information content (AvgIpc) is 3.82. The van der Waals surface area contributed by atoms with E-state index >= 15 is 0 Å². The highest BCUT2D eigenvalue weighted by Gasteiger charge is 2.01. The molecular formula is C30H71N15. The Hall–Kier alpha value is -4.30. The van der Waals surface area contributed by atoms with Crippen LogP contribution >= 0.6 is 0 Å². The van der Waals surface area contributed by atoms with Crippen molar-refractivity contribution in [2.24, 2.45) is 35.2 Å². The Morgan fingerprint density at radius 2 is 1.09 bits per heavy atom. The van der Waals surface area contributed by atoms with Crippen LogP contribution in [0.5, 0.6) is 0 Å². The lowest BCUT2D eigenvalue weighted by Gasteiger charge is -1.90. The first-order valence-corrected chi connectivity index (χ1v) is 13.2. The van der Waals surface area contributed by atoms with E-state index in [1.165, 1.54) is 27.2 Å². The van der Waals surface area contributed by atoms with Gasteiger partial charge in [-0.15, -0.1) is 15.3 Å². The van der Waals surface area contributed by atoms with Crippen LogP contribution in [0.25, 0.3) is 0 Å². The Kier molecular flexibility index (Phi) is 52.9. The molecule has 0 spiro atoms. The van der Waals surface area contributed by atoms with E-state index in [0.29, 0.717) is 5.82 Å². The van der Waals surface area contributed by atoms with E-state index in [1.807, 2.05) is 74.3 Å². The van der Waals surface area contributed by atoms with Crippen molar-refractivity contribution in [2.75, 3.05) is 0 Å². The molecule has 0 N–H and O–H groups in total. The van der Waals surface area contributed by atoms with Gasteiger partial charge in [-0.3, -0.25) is 14.0 Å².